The number of halogens is 1. The number of nitrogens with two attached hydrogens (primary N) is 2. The van der Waals surface area contributed by atoms with Crippen LogP contribution >= 0.6 is 0 Å². The van der Waals surface area contributed by atoms with Gasteiger partial charge in [-0.15, -0.1) is 0 Å². The van der Waals surface area contributed by atoms with Crippen molar-refractivity contribution in [3.8, 4) is 0 Å². The predicted molar refractivity (Wildman–Crippen MR) is 50.0 cm³/mol. The van der Waals surface area contributed by atoms with Gasteiger partial charge >= 0.3 is 5.97 Å². The van der Waals surface area contributed by atoms with Crippen molar-refractivity contribution in [3.05, 3.63) is 29.6 Å². The molecule has 0 spiro atoms. The van der Waals surface area contributed by atoms with Crippen molar-refractivity contribution < 1.29 is 14.3 Å². The van der Waals surface area contributed by atoms with Gasteiger partial charge in [0.25, 0.3) is 0 Å². The summed E-state index contributed by atoms with van der Waals surface area (Å²) in [6.45, 7) is 0. The van der Waals surface area contributed by atoms with Crippen molar-refractivity contribution in [2.45, 2.75) is 12.5 Å². The SMILES string of the molecule is Nc1c(F)cccc1[C@H](N)CC(=O)O. The van der Waals surface area contributed by atoms with Gasteiger partial charge in [-0.2, -0.15) is 0 Å². The zero-order valence-corrected chi connectivity index (χ0v) is 7.40. The molecule has 0 aliphatic heterocycles. The molecule has 4 nitrogen and oxygen atoms in total. The van der Waals surface area contributed by atoms with Crippen molar-refractivity contribution in [1.29, 1.82) is 0 Å². The Labute approximate surface area is 80.3 Å². The van der Waals surface area contributed by atoms with Crippen molar-refractivity contribution in [1.82, 2.24) is 0 Å². The van der Waals surface area contributed by atoms with Gasteiger partial charge in [0.2, 0.25) is 0 Å². The second kappa shape index (κ2) is 4.06. The van der Waals surface area contributed by atoms with Gasteiger partial charge in [0.05, 0.1) is 12.1 Å². The minimum absolute atomic E-state index is 0.0822. The maximum atomic E-state index is 12.9. The molecule has 0 bridgehead atoms. The first kappa shape index (κ1) is 10.5. The second-order valence-corrected chi connectivity index (χ2v) is 2.95. The van der Waals surface area contributed by atoms with E-state index < -0.39 is 17.8 Å². The lowest BCUT2D eigenvalue weighted by atomic mass is 10.0. The second-order valence-electron chi connectivity index (χ2n) is 2.95. The molecule has 0 aliphatic rings. The van der Waals surface area contributed by atoms with Gasteiger partial charge in [-0.1, -0.05) is 12.1 Å². The molecule has 1 aromatic rings. The van der Waals surface area contributed by atoms with E-state index in [4.69, 9.17) is 16.6 Å². The molecule has 0 aromatic heterocycles. The van der Waals surface area contributed by atoms with Crippen LogP contribution in [0.4, 0.5) is 10.1 Å². The van der Waals surface area contributed by atoms with Crippen molar-refractivity contribution >= 4 is 11.7 Å². The highest BCUT2D eigenvalue weighted by molar-refractivity contribution is 5.68. The van der Waals surface area contributed by atoms with E-state index in [9.17, 15) is 9.18 Å². The summed E-state index contributed by atoms with van der Waals surface area (Å²) in [5, 5.41) is 8.49. The summed E-state index contributed by atoms with van der Waals surface area (Å²) in [6.07, 6.45) is -0.270. The van der Waals surface area contributed by atoms with Crippen LogP contribution in [0.25, 0.3) is 0 Å². The fourth-order valence-corrected chi connectivity index (χ4v) is 1.18. The fourth-order valence-electron chi connectivity index (χ4n) is 1.18. The standard InChI is InChI=1S/C9H11FN2O2/c10-6-3-1-2-5(9(6)12)7(11)4-8(13)14/h1-3,7H,4,11-12H2,(H,13,14)/t7-/m1/s1. The van der Waals surface area contributed by atoms with E-state index in [-0.39, 0.29) is 12.1 Å². The van der Waals surface area contributed by atoms with Crippen molar-refractivity contribution in [2.75, 3.05) is 5.73 Å². The molecule has 0 fully saturated rings. The molecular formula is C9H11FN2O2. The molecule has 0 unspecified atom stereocenters. The van der Waals surface area contributed by atoms with Crippen LogP contribution in [0.1, 0.15) is 18.0 Å². The van der Waals surface area contributed by atoms with E-state index in [1.165, 1.54) is 18.2 Å². The lowest BCUT2D eigenvalue weighted by Crippen LogP contribution is -2.17. The summed E-state index contributed by atoms with van der Waals surface area (Å²) in [7, 11) is 0. The van der Waals surface area contributed by atoms with Crippen LogP contribution < -0.4 is 11.5 Å². The molecule has 5 heteroatoms. The fraction of sp³-hybridized carbons (Fsp3) is 0.222. The largest absolute Gasteiger partial charge is 0.481 e. The number of benzene rings is 1. The molecule has 76 valence electrons. The number of carbonyl (C=O) groups is 1. The minimum atomic E-state index is -1.04. The van der Waals surface area contributed by atoms with E-state index in [1.54, 1.807) is 0 Å². The smallest absolute Gasteiger partial charge is 0.305 e. The third-order valence-corrected chi connectivity index (χ3v) is 1.88. The van der Waals surface area contributed by atoms with E-state index in [2.05, 4.69) is 0 Å². The van der Waals surface area contributed by atoms with E-state index in [0.717, 1.165) is 0 Å². The molecule has 0 amide bonds. The Bertz CT molecular complexity index is 355. The monoisotopic (exact) mass is 198 g/mol. The Morgan fingerprint density at radius 3 is 2.79 bits per heavy atom. The molecule has 1 aromatic carbocycles. The first-order chi connectivity index (χ1) is 6.52. The molecule has 1 atom stereocenters. The number of hydrogen-bond donors (Lipinski definition) is 3. The Morgan fingerprint density at radius 2 is 2.21 bits per heavy atom. The number of para-hydroxylation sites is 1. The first-order valence-corrected chi connectivity index (χ1v) is 4.03. The van der Waals surface area contributed by atoms with Crippen molar-refractivity contribution in [2.24, 2.45) is 5.73 Å². The summed E-state index contributed by atoms with van der Waals surface area (Å²) in [5.74, 6) is -1.62. The predicted octanol–water partition coefficient (Wildman–Crippen LogP) is 0.882. The van der Waals surface area contributed by atoms with Gasteiger partial charge in [-0.3, -0.25) is 4.79 Å². The van der Waals surface area contributed by atoms with Crippen LogP contribution in [-0.2, 0) is 4.79 Å². The first-order valence-electron chi connectivity index (χ1n) is 4.03. The van der Waals surface area contributed by atoms with E-state index in [1.807, 2.05) is 0 Å². The number of aliphatic carboxylic acids is 1. The van der Waals surface area contributed by atoms with Crippen LogP contribution in [0.3, 0.4) is 0 Å². The molecule has 5 N–H and O–H groups in total. The lowest BCUT2D eigenvalue weighted by molar-refractivity contribution is -0.137. The van der Waals surface area contributed by atoms with Gasteiger partial charge in [-0.25, -0.2) is 4.39 Å². The molecule has 0 saturated carbocycles. The van der Waals surface area contributed by atoms with Gasteiger partial charge in [0, 0.05) is 6.04 Å². The highest BCUT2D eigenvalue weighted by Crippen LogP contribution is 2.23. The maximum Gasteiger partial charge on any atom is 0.305 e. The third-order valence-electron chi connectivity index (χ3n) is 1.88. The number of carboxylic acids is 1. The molecule has 0 saturated heterocycles. The number of rotatable bonds is 3. The van der Waals surface area contributed by atoms with Gasteiger partial charge in [0.15, 0.2) is 0 Å². The van der Waals surface area contributed by atoms with Gasteiger partial charge < -0.3 is 16.6 Å². The quantitative estimate of drug-likeness (QED) is 0.629. The molecular weight excluding hydrogens is 187 g/mol. The van der Waals surface area contributed by atoms with Crippen LogP contribution in [0.15, 0.2) is 18.2 Å². The summed E-state index contributed by atoms with van der Waals surface area (Å²) in [4.78, 5) is 10.4. The Balaban J connectivity index is 2.95. The summed E-state index contributed by atoms with van der Waals surface area (Å²) < 4.78 is 12.9. The van der Waals surface area contributed by atoms with Crippen LogP contribution in [0.2, 0.25) is 0 Å². The van der Waals surface area contributed by atoms with Crippen LogP contribution in [0.5, 0.6) is 0 Å². The molecule has 14 heavy (non-hydrogen) atoms. The highest BCUT2D eigenvalue weighted by atomic mass is 19.1. The molecule has 0 heterocycles. The lowest BCUT2D eigenvalue weighted by Gasteiger charge is -2.12. The average Bonchev–Trinajstić information content (AvgIpc) is 2.08. The number of nitrogen functional groups attached to an aromatic ring is 1. The van der Waals surface area contributed by atoms with Gasteiger partial charge in [0.1, 0.15) is 5.82 Å². The summed E-state index contributed by atoms with van der Waals surface area (Å²) in [5.41, 5.74) is 11.2. The molecule has 1 rings (SSSR count). The zero-order chi connectivity index (χ0) is 10.7. The minimum Gasteiger partial charge on any atom is -0.481 e. The normalized spacial score (nSPS) is 12.4. The maximum absolute atomic E-state index is 12.9. The number of carboxylic acid groups (broad SMARTS) is 1. The number of anilines is 1. The summed E-state index contributed by atoms with van der Waals surface area (Å²) in [6, 6.07) is 3.39. The van der Waals surface area contributed by atoms with Crippen molar-refractivity contribution in [3.63, 3.8) is 0 Å². The molecule has 0 aliphatic carbocycles. The Kier molecular flexibility index (Phi) is 3.03. The Hall–Kier alpha value is -1.62. The zero-order valence-electron chi connectivity index (χ0n) is 7.40. The highest BCUT2D eigenvalue weighted by Gasteiger charge is 2.14. The number of hydrogen-bond acceptors (Lipinski definition) is 3. The third kappa shape index (κ3) is 2.20. The topological polar surface area (TPSA) is 89.3 Å². The van der Waals surface area contributed by atoms with Crippen LogP contribution in [-0.4, -0.2) is 11.1 Å². The van der Waals surface area contributed by atoms with Gasteiger partial charge in [-0.05, 0) is 11.6 Å². The molecule has 0 radical (unpaired) electrons. The van der Waals surface area contributed by atoms with E-state index >= 15 is 0 Å². The van der Waals surface area contributed by atoms with E-state index in [0.29, 0.717) is 5.56 Å². The Morgan fingerprint density at radius 1 is 1.57 bits per heavy atom. The average molecular weight is 198 g/mol. The van der Waals surface area contributed by atoms with Crippen LogP contribution in [0, 0.1) is 5.82 Å². The summed E-state index contributed by atoms with van der Waals surface area (Å²) >= 11 is 0.